The van der Waals surface area contributed by atoms with Gasteiger partial charge in [0.05, 0.1) is 0 Å². The number of anilines is 1. The fourth-order valence-electron chi connectivity index (χ4n) is 5.24. The van der Waals surface area contributed by atoms with Gasteiger partial charge in [0.15, 0.2) is 0 Å². The Kier molecular flexibility index (Phi) is 8.30. The molecule has 0 radical (unpaired) electrons. The van der Waals surface area contributed by atoms with Gasteiger partial charge in [-0.15, -0.1) is 0 Å². The fourth-order valence-corrected chi connectivity index (χ4v) is 15.3. The lowest BCUT2D eigenvalue weighted by atomic mass is 9.99. The third-order valence-electron chi connectivity index (χ3n) is 6.87. The summed E-state index contributed by atoms with van der Waals surface area (Å²) in [5.74, 6) is 1.23. The molecule has 3 rings (SSSR count). The third kappa shape index (κ3) is 5.50. The highest BCUT2D eigenvalue weighted by molar-refractivity contribution is 8.29. The summed E-state index contributed by atoms with van der Waals surface area (Å²) in [6.07, 6.45) is 1.15. The van der Waals surface area contributed by atoms with Gasteiger partial charge in [0.2, 0.25) is 0 Å². The van der Waals surface area contributed by atoms with Crippen molar-refractivity contribution in [1.82, 2.24) is 0 Å². The van der Waals surface area contributed by atoms with Crippen LogP contribution in [0.15, 0.2) is 72.8 Å². The van der Waals surface area contributed by atoms with Crippen LogP contribution in [0.2, 0.25) is 16.6 Å². The summed E-state index contributed by atoms with van der Waals surface area (Å²) in [6, 6.07) is 26.0. The molecule has 0 spiro atoms. The van der Waals surface area contributed by atoms with Gasteiger partial charge in [0, 0.05) is 5.69 Å². The van der Waals surface area contributed by atoms with E-state index in [9.17, 15) is 0 Å². The van der Waals surface area contributed by atoms with Crippen LogP contribution in [0.1, 0.15) is 47.1 Å². The van der Waals surface area contributed by atoms with Gasteiger partial charge in [-0.2, -0.15) is 11.2 Å². The largest absolute Gasteiger partial charge is 0.399 e. The molecular formula is C29H39NSSi. The van der Waals surface area contributed by atoms with E-state index in [1.807, 2.05) is 12.1 Å². The summed E-state index contributed by atoms with van der Waals surface area (Å²) in [6.45, 7) is 14.7. The Morgan fingerprint density at radius 1 is 0.594 bits per heavy atom. The minimum atomic E-state index is -1.37. The smallest absolute Gasteiger partial charge is 0.124 e. The molecule has 0 saturated heterocycles. The van der Waals surface area contributed by atoms with Crippen LogP contribution in [0, 0.1) is 0 Å². The topological polar surface area (TPSA) is 26.0 Å². The van der Waals surface area contributed by atoms with Crippen LogP contribution in [-0.2, 0) is 6.42 Å². The molecule has 0 bridgehead atoms. The van der Waals surface area contributed by atoms with Gasteiger partial charge >= 0.3 is 0 Å². The van der Waals surface area contributed by atoms with Crippen LogP contribution in [0.4, 0.5) is 5.69 Å². The highest BCUT2D eigenvalue weighted by Crippen LogP contribution is 2.49. The first kappa shape index (κ1) is 24.7. The number of nitrogens with two attached hydrogens (primary N) is 1. The van der Waals surface area contributed by atoms with Gasteiger partial charge in [-0.25, -0.2) is 0 Å². The highest BCUT2D eigenvalue weighted by Gasteiger charge is 2.43. The van der Waals surface area contributed by atoms with Gasteiger partial charge < -0.3 is 5.73 Å². The highest BCUT2D eigenvalue weighted by atomic mass is 32.4. The van der Waals surface area contributed by atoms with Crippen LogP contribution < -0.4 is 5.73 Å². The zero-order chi connectivity index (χ0) is 23.3. The summed E-state index contributed by atoms with van der Waals surface area (Å²) in [5.41, 5.74) is 15.4. The van der Waals surface area contributed by atoms with Crippen LogP contribution in [-0.4, -0.2) is 13.0 Å². The van der Waals surface area contributed by atoms with E-state index in [0.717, 1.165) is 28.7 Å². The third-order valence-corrected chi connectivity index (χ3v) is 19.5. The number of rotatable bonds is 9. The zero-order valence-corrected chi connectivity index (χ0v) is 22.4. The Balaban J connectivity index is 1.64. The zero-order valence-electron chi connectivity index (χ0n) is 20.6. The predicted octanol–water partition coefficient (Wildman–Crippen LogP) is 9.05. The molecule has 0 heterocycles. The van der Waals surface area contributed by atoms with Gasteiger partial charge in [-0.1, -0.05) is 102 Å². The molecule has 3 aromatic carbocycles. The van der Waals surface area contributed by atoms with E-state index in [1.54, 1.807) is 0 Å². The van der Waals surface area contributed by atoms with E-state index >= 15 is 0 Å². The average molecular weight is 462 g/mol. The maximum Gasteiger partial charge on any atom is 0.124 e. The van der Waals surface area contributed by atoms with Crippen molar-refractivity contribution in [2.24, 2.45) is 0 Å². The average Bonchev–Trinajstić information content (AvgIpc) is 2.77. The lowest BCUT2D eigenvalue weighted by Crippen LogP contribution is -2.41. The van der Waals surface area contributed by atoms with Crippen molar-refractivity contribution < 1.29 is 0 Å². The molecule has 0 saturated carbocycles. The second kappa shape index (κ2) is 10.8. The monoisotopic (exact) mass is 461 g/mol. The summed E-state index contributed by atoms with van der Waals surface area (Å²) in [7, 11) is -1.37. The molecular weight excluding hydrogens is 422 g/mol. The first-order valence-electron chi connectivity index (χ1n) is 11.9. The number of hydrogen-bond acceptors (Lipinski definition) is 2. The maximum atomic E-state index is 5.81. The quantitative estimate of drug-likeness (QED) is 0.254. The number of hydrogen-bond donors (Lipinski definition) is 1. The molecule has 0 aromatic heterocycles. The van der Waals surface area contributed by atoms with Crippen molar-refractivity contribution in [3.8, 4) is 22.3 Å². The van der Waals surface area contributed by atoms with Crippen LogP contribution in [0.25, 0.3) is 22.3 Å². The molecule has 2 N–H and O–H groups in total. The lowest BCUT2D eigenvalue weighted by Gasteiger charge is -2.42. The first-order valence-corrected chi connectivity index (χ1v) is 15.9. The molecule has 0 aliphatic heterocycles. The minimum absolute atomic E-state index is 0.800. The Labute approximate surface area is 200 Å². The van der Waals surface area contributed by atoms with Gasteiger partial charge in [0.25, 0.3) is 0 Å². The summed E-state index contributed by atoms with van der Waals surface area (Å²) in [4.78, 5) is 0. The summed E-state index contributed by atoms with van der Waals surface area (Å²) in [5, 5.41) is 0. The molecule has 170 valence electrons. The van der Waals surface area contributed by atoms with Gasteiger partial charge in [0.1, 0.15) is 7.22 Å². The Bertz CT molecular complexity index is 951. The van der Waals surface area contributed by atoms with E-state index in [0.29, 0.717) is 0 Å². The molecule has 3 heteroatoms. The lowest BCUT2D eigenvalue weighted by molar-refractivity contribution is 0.851. The first-order chi connectivity index (χ1) is 15.2. The van der Waals surface area contributed by atoms with Crippen molar-refractivity contribution in [1.29, 1.82) is 0 Å². The van der Waals surface area contributed by atoms with Crippen molar-refractivity contribution in [3.63, 3.8) is 0 Å². The normalized spacial score (nSPS) is 12.2. The Morgan fingerprint density at radius 3 is 1.31 bits per heavy atom. The number of aryl methyl sites for hydroxylation is 1. The maximum absolute atomic E-state index is 5.81. The molecule has 0 aliphatic carbocycles. The van der Waals surface area contributed by atoms with Crippen molar-refractivity contribution in [3.05, 3.63) is 78.4 Å². The minimum Gasteiger partial charge on any atom is -0.399 e. The number of benzene rings is 3. The van der Waals surface area contributed by atoms with Crippen molar-refractivity contribution in [2.75, 3.05) is 11.5 Å². The molecule has 0 amide bonds. The van der Waals surface area contributed by atoms with Gasteiger partial charge in [-0.05, 0) is 68.7 Å². The summed E-state index contributed by atoms with van der Waals surface area (Å²) >= 11 is 2.32. The SMILES string of the molecule is CC(C)[Si](SCCc1ccc(-c2ccc(-c3ccc(N)cc3)cc2)cc1)(C(C)C)C(C)C. The predicted molar refractivity (Wildman–Crippen MR) is 149 cm³/mol. The van der Waals surface area contributed by atoms with E-state index < -0.39 is 7.22 Å². The Morgan fingerprint density at radius 2 is 0.938 bits per heavy atom. The van der Waals surface area contributed by atoms with E-state index in [1.165, 1.54) is 33.6 Å². The second-order valence-electron chi connectivity index (χ2n) is 9.81. The second-order valence-corrected chi connectivity index (χ2v) is 18.7. The van der Waals surface area contributed by atoms with Crippen LogP contribution in [0.5, 0.6) is 0 Å². The van der Waals surface area contributed by atoms with Crippen molar-refractivity contribution >= 4 is 24.1 Å². The Hall–Kier alpha value is -1.97. The molecule has 0 unspecified atom stereocenters. The standard InChI is InChI=1S/C29H39NSSi/c1-21(2)32(22(3)4,23(5)6)31-20-19-24-7-9-25(10-8-24)26-11-13-27(14-12-26)28-15-17-29(30)18-16-28/h7-18,21-23H,19-20,30H2,1-6H3. The van der Waals surface area contributed by atoms with Crippen LogP contribution in [0.3, 0.4) is 0 Å². The molecule has 32 heavy (non-hydrogen) atoms. The molecule has 1 nitrogen and oxygen atoms in total. The number of nitrogen functional groups attached to an aromatic ring is 1. The van der Waals surface area contributed by atoms with Crippen molar-refractivity contribution in [2.45, 2.75) is 64.6 Å². The summed E-state index contributed by atoms with van der Waals surface area (Å²) < 4.78 is 0. The molecule has 0 aliphatic rings. The fraction of sp³-hybridized carbons (Fsp3) is 0.379. The molecule has 0 fully saturated rings. The molecule has 3 aromatic rings. The van der Waals surface area contributed by atoms with Crippen LogP contribution >= 0.6 is 11.2 Å². The van der Waals surface area contributed by atoms with E-state index in [-0.39, 0.29) is 0 Å². The van der Waals surface area contributed by atoms with E-state index in [2.05, 4.69) is 113 Å². The van der Waals surface area contributed by atoms with Gasteiger partial charge in [-0.3, -0.25) is 0 Å². The molecule has 0 atom stereocenters. The van der Waals surface area contributed by atoms with E-state index in [4.69, 9.17) is 5.73 Å².